The molecule has 0 bridgehead atoms. The molecule has 0 N–H and O–H groups in total. The van der Waals surface area contributed by atoms with E-state index in [2.05, 4.69) is 0 Å². The molecule has 0 atom stereocenters. The summed E-state index contributed by atoms with van der Waals surface area (Å²) in [6.45, 7) is 0. The molecule has 2 rings (SSSR count). The molecule has 0 radical (unpaired) electrons. The molecule has 0 fully saturated rings. The highest BCUT2D eigenvalue weighted by Crippen LogP contribution is 2.15. The molecule has 0 aliphatic carbocycles. The highest BCUT2D eigenvalue weighted by atomic mass is 16.5. The molecule has 0 spiro atoms. The molecule has 0 aliphatic rings. The summed E-state index contributed by atoms with van der Waals surface area (Å²) in [5.41, 5.74) is 0.989. The van der Waals surface area contributed by atoms with Crippen LogP contribution in [0, 0.1) is 0 Å². The zero-order valence-corrected chi connectivity index (χ0v) is 10.3. The van der Waals surface area contributed by atoms with Crippen LogP contribution in [0.1, 0.15) is 26.3 Å². The van der Waals surface area contributed by atoms with Gasteiger partial charge in [-0.15, -0.1) is 0 Å². The minimum absolute atomic E-state index is 0.0475. The summed E-state index contributed by atoms with van der Waals surface area (Å²) in [7, 11) is 1.55. The lowest BCUT2D eigenvalue weighted by molar-refractivity contribution is -0.255. The Morgan fingerprint density at radius 3 is 1.68 bits per heavy atom. The molecule has 2 aromatic rings. The lowest BCUT2D eigenvalue weighted by atomic mass is 10.0. The number of rotatable bonds is 4. The van der Waals surface area contributed by atoms with E-state index in [1.807, 2.05) is 0 Å². The van der Waals surface area contributed by atoms with Crippen molar-refractivity contribution in [3.05, 3.63) is 65.2 Å². The highest BCUT2D eigenvalue weighted by molar-refractivity contribution is 6.09. The van der Waals surface area contributed by atoms with E-state index in [-0.39, 0.29) is 11.3 Å². The third kappa shape index (κ3) is 2.80. The van der Waals surface area contributed by atoms with Gasteiger partial charge in [0.2, 0.25) is 0 Å². The van der Waals surface area contributed by atoms with Gasteiger partial charge in [0.25, 0.3) is 0 Å². The second-order valence-corrected chi connectivity index (χ2v) is 3.92. The van der Waals surface area contributed by atoms with Crippen molar-refractivity contribution < 1.29 is 19.4 Å². The zero-order valence-electron chi connectivity index (χ0n) is 10.3. The molecular weight excluding hydrogens is 244 g/mol. The molecular formula is C15H11O4-. The smallest absolute Gasteiger partial charge is 0.193 e. The third-order valence-electron chi connectivity index (χ3n) is 2.73. The van der Waals surface area contributed by atoms with Gasteiger partial charge in [0.1, 0.15) is 5.75 Å². The van der Waals surface area contributed by atoms with Crippen molar-refractivity contribution in [2.24, 2.45) is 0 Å². The lowest BCUT2D eigenvalue weighted by Gasteiger charge is -2.05. The molecule has 2 aromatic carbocycles. The van der Waals surface area contributed by atoms with Crippen molar-refractivity contribution in [2.75, 3.05) is 7.11 Å². The van der Waals surface area contributed by atoms with E-state index in [4.69, 9.17) is 4.74 Å². The minimum atomic E-state index is -1.26. The minimum Gasteiger partial charge on any atom is -0.545 e. The van der Waals surface area contributed by atoms with Crippen LogP contribution in [0.4, 0.5) is 0 Å². The number of carbonyl (C=O) groups excluding carboxylic acids is 2. The van der Waals surface area contributed by atoms with Gasteiger partial charge in [-0.3, -0.25) is 4.79 Å². The Labute approximate surface area is 110 Å². The Hall–Kier alpha value is -2.62. The molecule has 4 nitrogen and oxygen atoms in total. The lowest BCUT2D eigenvalue weighted by Crippen LogP contribution is -2.22. The Morgan fingerprint density at radius 2 is 1.26 bits per heavy atom. The Bertz CT molecular complexity index is 597. The van der Waals surface area contributed by atoms with Crippen LogP contribution in [0.5, 0.6) is 5.75 Å². The first-order chi connectivity index (χ1) is 9.11. The van der Waals surface area contributed by atoms with Gasteiger partial charge in [-0.2, -0.15) is 0 Å². The number of methoxy groups -OCH3 is 1. The van der Waals surface area contributed by atoms with Crippen LogP contribution < -0.4 is 9.84 Å². The summed E-state index contributed by atoms with van der Waals surface area (Å²) in [5.74, 6) is -0.764. The average Bonchev–Trinajstić information content (AvgIpc) is 2.46. The molecule has 0 unspecified atom stereocenters. The number of ketones is 1. The number of carboxylic acids is 1. The largest absolute Gasteiger partial charge is 0.545 e. The third-order valence-corrected chi connectivity index (χ3v) is 2.73. The van der Waals surface area contributed by atoms with Crippen molar-refractivity contribution in [2.45, 2.75) is 0 Å². The highest BCUT2D eigenvalue weighted by Gasteiger charge is 2.09. The van der Waals surface area contributed by atoms with Crippen molar-refractivity contribution in [1.29, 1.82) is 0 Å². The van der Waals surface area contributed by atoms with Crippen molar-refractivity contribution in [1.82, 2.24) is 0 Å². The topological polar surface area (TPSA) is 66.4 Å². The molecule has 19 heavy (non-hydrogen) atoms. The van der Waals surface area contributed by atoms with Crippen molar-refractivity contribution in [3.63, 3.8) is 0 Å². The number of hydrogen-bond acceptors (Lipinski definition) is 4. The summed E-state index contributed by atoms with van der Waals surface area (Å²) < 4.78 is 5.01. The number of benzene rings is 2. The fraction of sp³-hybridized carbons (Fsp3) is 0.0667. The SMILES string of the molecule is COc1ccc(C(=O)c2ccc(C(=O)[O-])cc2)cc1. The molecule has 96 valence electrons. The van der Waals surface area contributed by atoms with Crippen LogP contribution in [0.25, 0.3) is 0 Å². The summed E-state index contributed by atoms with van der Waals surface area (Å²) in [4.78, 5) is 22.7. The molecule has 0 amide bonds. The Kier molecular flexibility index (Phi) is 3.61. The van der Waals surface area contributed by atoms with Gasteiger partial charge in [0, 0.05) is 11.1 Å². The number of hydrogen-bond donors (Lipinski definition) is 0. The number of carbonyl (C=O) groups is 2. The second-order valence-electron chi connectivity index (χ2n) is 3.92. The van der Waals surface area contributed by atoms with Gasteiger partial charge in [-0.25, -0.2) is 0 Å². The van der Waals surface area contributed by atoms with Gasteiger partial charge in [-0.05, 0) is 29.8 Å². The summed E-state index contributed by atoms with van der Waals surface area (Å²) in [5, 5.41) is 10.6. The van der Waals surface area contributed by atoms with E-state index in [1.165, 1.54) is 24.3 Å². The van der Waals surface area contributed by atoms with E-state index in [9.17, 15) is 14.7 Å². The number of ether oxygens (including phenoxy) is 1. The number of aromatic carboxylic acids is 1. The van der Waals surface area contributed by atoms with Crippen LogP contribution >= 0.6 is 0 Å². The maximum atomic E-state index is 12.1. The maximum absolute atomic E-state index is 12.1. The van der Waals surface area contributed by atoms with Crippen LogP contribution in [-0.4, -0.2) is 18.9 Å². The van der Waals surface area contributed by atoms with E-state index >= 15 is 0 Å². The van der Waals surface area contributed by atoms with Gasteiger partial charge in [-0.1, -0.05) is 24.3 Å². The molecule has 4 heteroatoms. The van der Waals surface area contributed by atoms with Crippen LogP contribution in [-0.2, 0) is 0 Å². The summed E-state index contributed by atoms with van der Waals surface area (Å²) in [6, 6.07) is 12.4. The number of carboxylic acid groups (broad SMARTS) is 1. The molecule has 0 aromatic heterocycles. The normalized spacial score (nSPS) is 9.95. The molecule has 0 saturated carbocycles. The zero-order chi connectivity index (χ0) is 13.8. The predicted molar refractivity (Wildman–Crippen MR) is 67.2 cm³/mol. The van der Waals surface area contributed by atoms with Crippen molar-refractivity contribution >= 4 is 11.8 Å². The van der Waals surface area contributed by atoms with E-state index in [0.29, 0.717) is 16.9 Å². The fourth-order valence-electron chi connectivity index (χ4n) is 1.67. The Morgan fingerprint density at radius 1 is 0.842 bits per heavy atom. The fourth-order valence-corrected chi connectivity index (χ4v) is 1.67. The van der Waals surface area contributed by atoms with E-state index in [0.717, 1.165) is 0 Å². The molecule has 0 aliphatic heterocycles. The van der Waals surface area contributed by atoms with Gasteiger partial charge < -0.3 is 14.6 Å². The van der Waals surface area contributed by atoms with Gasteiger partial charge in [0.05, 0.1) is 13.1 Å². The first-order valence-electron chi connectivity index (χ1n) is 5.62. The Balaban J connectivity index is 2.25. The van der Waals surface area contributed by atoms with Gasteiger partial charge in [0.15, 0.2) is 5.78 Å². The quantitative estimate of drug-likeness (QED) is 0.772. The summed E-state index contributed by atoms with van der Waals surface area (Å²) >= 11 is 0. The monoisotopic (exact) mass is 255 g/mol. The van der Waals surface area contributed by atoms with Crippen LogP contribution in [0.2, 0.25) is 0 Å². The first-order valence-corrected chi connectivity index (χ1v) is 5.62. The molecule has 0 heterocycles. The standard InChI is InChI=1S/C15H12O4/c1-19-13-8-6-11(7-9-13)14(16)10-2-4-12(5-3-10)15(17)18/h2-9H,1H3,(H,17,18)/p-1. The first kappa shape index (κ1) is 12.8. The second kappa shape index (κ2) is 5.35. The van der Waals surface area contributed by atoms with Crippen LogP contribution in [0.3, 0.4) is 0 Å². The summed E-state index contributed by atoms with van der Waals surface area (Å²) in [6.07, 6.45) is 0. The van der Waals surface area contributed by atoms with E-state index in [1.54, 1.807) is 31.4 Å². The van der Waals surface area contributed by atoms with Crippen LogP contribution in [0.15, 0.2) is 48.5 Å². The average molecular weight is 255 g/mol. The predicted octanol–water partition coefficient (Wildman–Crippen LogP) is 1.29. The molecule has 0 saturated heterocycles. The van der Waals surface area contributed by atoms with Gasteiger partial charge >= 0.3 is 0 Å². The van der Waals surface area contributed by atoms with Crippen molar-refractivity contribution in [3.8, 4) is 5.75 Å². The maximum Gasteiger partial charge on any atom is 0.193 e. The van der Waals surface area contributed by atoms with E-state index < -0.39 is 5.97 Å².